The van der Waals surface area contributed by atoms with Gasteiger partial charge in [0.25, 0.3) is 0 Å². The van der Waals surface area contributed by atoms with E-state index in [0.717, 1.165) is 12.2 Å². The molecule has 2 aromatic rings. The summed E-state index contributed by atoms with van der Waals surface area (Å²) in [5.41, 5.74) is 2.86. The number of anilines is 2. The summed E-state index contributed by atoms with van der Waals surface area (Å²) >= 11 is 0. The molecule has 3 heteroatoms. The molecule has 18 heavy (non-hydrogen) atoms. The molecule has 0 aliphatic rings. The molecule has 0 amide bonds. The fourth-order valence-corrected chi connectivity index (χ4v) is 1.76. The Labute approximate surface area is 107 Å². The second-order valence-corrected chi connectivity index (χ2v) is 4.20. The van der Waals surface area contributed by atoms with Crippen molar-refractivity contribution in [2.24, 2.45) is 0 Å². The fourth-order valence-electron chi connectivity index (χ4n) is 1.76. The van der Waals surface area contributed by atoms with E-state index in [9.17, 15) is 4.39 Å². The predicted molar refractivity (Wildman–Crippen MR) is 74.6 cm³/mol. The number of aryl methyl sites for hydroxylation is 1. The van der Waals surface area contributed by atoms with E-state index in [-0.39, 0.29) is 5.82 Å². The van der Waals surface area contributed by atoms with Crippen LogP contribution in [0.1, 0.15) is 5.56 Å². The van der Waals surface area contributed by atoms with Gasteiger partial charge < -0.3 is 10.6 Å². The first-order valence-electron chi connectivity index (χ1n) is 6.04. The highest BCUT2D eigenvalue weighted by atomic mass is 19.1. The van der Waals surface area contributed by atoms with Gasteiger partial charge >= 0.3 is 0 Å². The lowest BCUT2D eigenvalue weighted by atomic mass is 10.2. The maximum Gasteiger partial charge on any atom is 0.146 e. The summed E-state index contributed by atoms with van der Waals surface area (Å²) in [7, 11) is 0. The number of benzene rings is 2. The number of para-hydroxylation sites is 1. The Bertz CT molecular complexity index is 511. The summed E-state index contributed by atoms with van der Waals surface area (Å²) in [5.74, 6) is -0.215. The first-order valence-corrected chi connectivity index (χ1v) is 6.04. The van der Waals surface area contributed by atoms with E-state index in [1.165, 1.54) is 11.6 Å². The minimum atomic E-state index is -0.215. The van der Waals surface area contributed by atoms with Gasteiger partial charge in [-0.3, -0.25) is 0 Å². The van der Waals surface area contributed by atoms with Crippen molar-refractivity contribution in [1.82, 2.24) is 0 Å². The van der Waals surface area contributed by atoms with Crippen LogP contribution in [0.15, 0.2) is 48.5 Å². The molecule has 0 radical (unpaired) electrons. The van der Waals surface area contributed by atoms with E-state index >= 15 is 0 Å². The van der Waals surface area contributed by atoms with E-state index in [1.807, 2.05) is 18.2 Å². The van der Waals surface area contributed by atoms with Gasteiger partial charge in [-0.1, -0.05) is 24.3 Å². The first-order chi connectivity index (χ1) is 8.75. The minimum absolute atomic E-state index is 0.215. The Balaban J connectivity index is 1.78. The van der Waals surface area contributed by atoms with E-state index in [2.05, 4.69) is 29.7 Å². The van der Waals surface area contributed by atoms with Crippen molar-refractivity contribution in [2.75, 3.05) is 23.7 Å². The van der Waals surface area contributed by atoms with E-state index in [0.29, 0.717) is 12.2 Å². The largest absolute Gasteiger partial charge is 0.383 e. The van der Waals surface area contributed by atoms with Crippen molar-refractivity contribution in [3.05, 3.63) is 59.9 Å². The molecule has 0 fully saturated rings. The van der Waals surface area contributed by atoms with Crippen LogP contribution in [0.25, 0.3) is 0 Å². The fraction of sp³-hybridized carbons (Fsp3) is 0.200. The molecule has 2 rings (SSSR count). The second kappa shape index (κ2) is 6.05. The average molecular weight is 244 g/mol. The highest BCUT2D eigenvalue weighted by Gasteiger charge is 1.98. The van der Waals surface area contributed by atoms with E-state index in [4.69, 9.17) is 0 Å². The SMILES string of the molecule is Cc1cccc(NCCNc2ccccc2F)c1. The zero-order valence-electron chi connectivity index (χ0n) is 10.4. The Morgan fingerprint density at radius 1 is 0.944 bits per heavy atom. The van der Waals surface area contributed by atoms with Crippen LogP contribution in [-0.4, -0.2) is 13.1 Å². The smallest absolute Gasteiger partial charge is 0.146 e. The maximum atomic E-state index is 13.3. The zero-order chi connectivity index (χ0) is 12.8. The monoisotopic (exact) mass is 244 g/mol. The summed E-state index contributed by atoms with van der Waals surface area (Å²) in [5, 5.41) is 6.35. The lowest BCUT2D eigenvalue weighted by Gasteiger charge is -2.09. The standard InChI is InChI=1S/C15H17FN2/c1-12-5-4-6-13(11-12)17-9-10-18-15-8-3-2-7-14(15)16/h2-8,11,17-18H,9-10H2,1H3. The van der Waals surface area contributed by atoms with Crippen LogP contribution in [0.5, 0.6) is 0 Å². The number of hydrogen-bond acceptors (Lipinski definition) is 2. The van der Waals surface area contributed by atoms with Crippen LogP contribution in [0.3, 0.4) is 0 Å². The quantitative estimate of drug-likeness (QED) is 0.784. The van der Waals surface area contributed by atoms with E-state index in [1.54, 1.807) is 12.1 Å². The normalized spacial score (nSPS) is 10.1. The topological polar surface area (TPSA) is 24.1 Å². The maximum absolute atomic E-state index is 13.3. The van der Waals surface area contributed by atoms with Gasteiger partial charge in [-0.15, -0.1) is 0 Å². The van der Waals surface area contributed by atoms with Gasteiger partial charge in [0.2, 0.25) is 0 Å². The van der Waals surface area contributed by atoms with Gasteiger partial charge in [0.1, 0.15) is 5.82 Å². The lowest BCUT2D eigenvalue weighted by Crippen LogP contribution is -2.14. The molecule has 2 nitrogen and oxygen atoms in total. The molecule has 2 N–H and O–H groups in total. The summed E-state index contributed by atoms with van der Waals surface area (Å²) in [4.78, 5) is 0. The molecule has 0 aliphatic heterocycles. The zero-order valence-corrected chi connectivity index (χ0v) is 10.4. The van der Waals surface area contributed by atoms with Crippen LogP contribution < -0.4 is 10.6 Å². The minimum Gasteiger partial charge on any atom is -0.383 e. The molecule has 0 aromatic heterocycles. The van der Waals surface area contributed by atoms with Gasteiger partial charge in [-0.05, 0) is 36.8 Å². The molecule has 0 saturated carbocycles. The lowest BCUT2D eigenvalue weighted by molar-refractivity contribution is 0.630. The van der Waals surface area contributed by atoms with E-state index < -0.39 is 0 Å². The molecular formula is C15H17FN2. The number of hydrogen-bond donors (Lipinski definition) is 2. The summed E-state index contributed by atoms with van der Waals surface area (Å²) < 4.78 is 13.3. The predicted octanol–water partition coefficient (Wildman–Crippen LogP) is 3.66. The highest BCUT2D eigenvalue weighted by Crippen LogP contribution is 2.12. The Hall–Kier alpha value is -2.03. The van der Waals surface area contributed by atoms with Crippen LogP contribution in [0, 0.1) is 12.7 Å². The van der Waals surface area contributed by atoms with Gasteiger partial charge in [0.15, 0.2) is 0 Å². The molecule has 0 spiro atoms. The van der Waals surface area contributed by atoms with Crippen molar-refractivity contribution >= 4 is 11.4 Å². The summed E-state index contributed by atoms with van der Waals surface area (Å²) in [6, 6.07) is 14.9. The third-order valence-electron chi connectivity index (χ3n) is 2.66. The Morgan fingerprint density at radius 2 is 1.72 bits per heavy atom. The molecule has 0 bridgehead atoms. The van der Waals surface area contributed by atoms with Crippen LogP contribution >= 0.6 is 0 Å². The highest BCUT2D eigenvalue weighted by molar-refractivity contribution is 5.47. The van der Waals surface area contributed by atoms with Gasteiger partial charge in [0, 0.05) is 18.8 Å². The van der Waals surface area contributed by atoms with Crippen LogP contribution in [0.2, 0.25) is 0 Å². The molecule has 0 saturated heterocycles. The Morgan fingerprint density at radius 3 is 2.50 bits per heavy atom. The molecule has 0 heterocycles. The molecule has 2 aromatic carbocycles. The van der Waals surface area contributed by atoms with Crippen LogP contribution in [0.4, 0.5) is 15.8 Å². The van der Waals surface area contributed by atoms with Gasteiger partial charge in [-0.25, -0.2) is 4.39 Å². The molecular weight excluding hydrogens is 227 g/mol. The summed E-state index contributed by atoms with van der Waals surface area (Å²) in [6.45, 7) is 3.48. The molecule has 0 unspecified atom stereocenters. The van der Waals surface area contributed by atoms with Gasteiger partial charge in [0.05, 0.1) is 5.69 Å². The first kappa shape index (κ1) is 12.4. The molecule has 94 valence electrons. The van der Waals surface area contributed by atoms with Crippen molar-refractivity contribution in [3.8, 4) is 0 Å². The van der Waals surface area contributed by atoms with Crippen molar-refractivity contribution in [3.63, 3.8) is 0 Å². The third kappa shape index (κ3) is 3.48. The van der Waals surface area contributed by atoms with Crippen molar-refractivity contribution < 1.29 is 4.39 Å². The van der Waals surface area contributed by atoms with Crippen molar-refractivity contribution in [1.29, 1.82) is 0 Å². The van der Waals surface area contributed by atoms with Crippen molar-refractivity contribution in [2.45, 2.75) is 6.92 Å². The average Bonchev–Trinajstić information content (AvgIpc) is 2.37. The number of nitrogens with one attached hydrogen (secondary N) is 2. The Kier molecular flexibility index (Phi) is 4.18. The molecule has 0 atom stereocenters. The molecule has 0 aliphatic carbocycles. The van der Waals surface area contributed by atoms with Gasteiger partial charge in [-0.2, -0.15) is 0 Å². The third-order valence-corrected chi connectivity index (χ3v) is 2.66. The summed E-state index contributed by atoms with van der Waals surface area (Å²) in [6.07, 6.45) is 0. The number of halogens is 1. The second-order valence-electron chi connectivity index (χ2n) is 4.20. The number of rotatable bonds is 5. The van der Waals surface area contributed by atoms with Crippen LogP contribution in [-0.2, 0) is 0 Å².